The van der Waals surface area contributed by atoms with E-state index in [9.17, 15) is 26.4 Å². The maximum absolute atomic E-state index is 11.7. The van der Waals surface area contributed by atoms with Crippen LogP contribution in [0.5, 0.6) is 0 Å². The van der Waals surface area contributed by atoms with E-state index in [0.717, 1.165) is 4.72 Å². The minimum absolute atomic E-state index is 0.944. The molecule has 0 unspecified atom stereocenters. The van der Waals surface area contributed by atoms with Gasteiger partial charge in [0.15, 0.2) is 0 Å². The van der Waals surface area contributed by atoms with Gasteiger partial charge in [-0.05, 0) is 20.8 Å². The molecule has 0 radical (unpaired) electrons. The monoisotopic (exact) mass is 233 g/mol. The third kappa shape index (κ3) is 3.17. The largest absolute Gasteiger partial charge is 0.472 e. The number of carbonyl (C=O) groups excluding carboxylic acids is 1. The summed E-state index contributed by atoms with van der Waals surface area (Å²) >= 11 is 0. The highest BCUT2D eigenvalue weighted by Crippen LogP contribution is 2.18. The first-order chi connectivity index (χ1) is 5.88. The van der Waals surface area contributed by atoms with Crippen molar-refractivity contribution in [3.63, 3.8) is 0 Å². The first kappa shape index (κ1) is 13.2. The Morgan fingerprint density at radius 3 is 1.71 bits per heavy atom. The Morgan fingerprint density at radius 2 is 1.50 bits per heavy atom. The number of nitrogens with one attached hydrogen (secondary N) is 1. The Bertz CT molecular complexity index is 325. The van der Waals surface area contributed by atoms with E-state index >= 15 is 0 Å². The van der Waals surface area contributed by atoms with Gasteiger partial charge in [0.1, 0.15) is 0 Å². The number of hydrogen-bond acceptors (Lipinski definition) is 3. The summed E-state index contributed by atoms with van der Waals surface area (Å²) in [6.07, 6.45) is -5.20. The Kier molecular flexibility index (Phi) is 3.22. The maximum Gasteiger partial charge on any atom is 0.472 e. The quantitative estimate of drug-likeness (QED) is 0.728. The fourth-order valence-corrected chi connectivity index (χ4v) is 0.999. The minimum Gasteiger partial charge on any atom is -0.263 e. The van der Waals surface area contributed by atoms with Crippen molar-refractivity contribution in [2.24, 2.45) is 0 Å². The normalized spacial score (nSPS) is 13.9. The predicted octanol–water partition coefficient (Wildman–Crippen LogP) is 0.793. The van der Waals surface area contributed by atoms with Crippen LogP contribution in [-0.2, 0) is 14.8 Å². The second kappa shape index (κ2) is 3.41. The third-order valence-corrected chi connectivity index (χ3v) is 3.36. The maximum atomic E-state index is 11.7. The molecule has 0 spiro atoms. The number of hydrogen-bond donors (Lipinski definition) is 1. The van der Waals surface area contributed by atoms with Crippen LogP contribution in [0, 0.1) is 0 Å². The summed E-state index contributed by atoms with van der Waals surface area (Å²) in [4.78, 5) is 10.3. The van der Waals surface area contributed by atoms with Gasteiger partial charge in [0.05, 0.1) is 4.75 Å². The molecule has 0 aliphatic heterocycles. The molecule has 84 valence electrons. The number of halogens is 3. The predicted molar refractivity (Wildman–Crippen MR) is 42.9 cm³/mol. The molecule has 0 aliphatic carbocycles. The first-order valence-electron chi connectivity index (χ1n) is 3.51. The van der Waals surface area contributed by atoms with Crippen LogP contribution in [0.25, 0.3) is 0 Å². The van der Waals surface area contributed by atoms with Crippen molar-refractivity contribution in [1.29, 1.82) is 0 Å². The van der Waals surface area contributed by atoms with Gasteiger partial charge in [-0.2, -0.15) is 13.2 Å². The van der Waals surface area contributed by atoms with Crippen molar-refractivity contribution in [2.75, 3.05) is 0 Å². The zero-order valence-electron chi connectivity index (χ0n) is 7.77. The molecular weight excluding hydrogens is 223 g/mol. The van der Waals surface area contributed by atoms with E-state index in [0.29, 0.717) is 0 Å². The summed E-state index contributed by atoms with van der Waals surface area (Å²) in [7, 11) is -4.30. The highest BCUT2D eigenvalue weighted by atomic mass is 32.2. The molecule has 0 aliphatic rings. The lowest BCUT2D eigenvalue weighted by atomic mass is 10.3. The molecule has 0 aromatic rings. The van der Waals surface area contributed by atoms with Gasteiger partial charge in [-0.3, -0.25) is 4.79 Å². The molecule has 1 N–H and O–H groups in total. The molecule has 0 saturated carbocycles. The number of alkyl halides is 3. The number of rotatable bonds is 1. The zero-order chi connectivity index (χ0) is 11.8. The lowest BCUT2D eigenvalue weighted by molar-refractivity contribution is -0.171. The van der Waals surface area contributed by atoms with Gasteiger partial charge in [0, 0.05) is 0 Å². The van der Waals surface area contributed by atoms with Crippen molar-refractivity contribution in [3.05, 3.63) is 0 Å². The van der Waals surface area contributed by atoms with Gasteiger partial charge in [-0.25, -0.2) is 13.1 Å². The minimum atomic E-state index is -5.20. The molecule has 4 nitrogen and oxygen atoms in total. The van der Waals surface area contributed by atoms with E-state index in [2.05, 4.69) is 0 Å². The Hall–Kier alpha value is -0.790. The van der Waals surface area contributed by atoms with Crippen LogP contribution in [0.4, 0.5) is 13.2 Å². The Balaban J connectivity index is 4.82. The molecule has 0 heterocycles. The molecule has 0 bridgehead atoms. The highest BCUT2D eigenvalue weighted by molar-refractivity contribution is 7.91. The SMILES string of the molecule is CC(C)(C)S(=O)(=O)NC(=O)C(F)(F)F. The third-order valence-electron chi connectivity index (χ3n) is 1.29. The zero-order valence-corrected chi connectivity index (χ0v) is 8.58. The van der Waals surface area contributed by atoms with Gasteiger partial charge >= 0.3 is 12.1 Å². The van der Waals surface area contributed by atoms with Crippen LogP contribution < -0.4 is 4.72 Å². The van der Waals surface area contributed by atoms with Crippen LogP contribution in [0.2, 0.25) is 0 Å². The molecule has 8 heteroatoms. The molecule has 1 amide bonds. The molecule has 0 aromatic carbocycles. The topological polar surface area (TPSA) is 63.2 Å². The fourth-order valence-electron chi connectivity index (χ4n) is 0.333. The lowest BCUT2D eigenvalue weighted by Crippen LogP contribution is -2.47. The van der Waals surface area contributed by atoms with E-state index in [4.69, 9.17) is 0 Å². The summed E-state index contributed by atoms with van der Waals surface area (Å²) in [5, 5.41) is 0. The van der Waals surface area contributed by atoms with E-state index in [1.54, 1.807) is 0 Å². The van der Waals surface area contributed by atoms with Crippen LogP contribution in [0.15, 0.2) is 0 Å². The standard InChI is InChI=1S/C6H10F3NO3S/c1-5(2,3)14(12,13)10-4(11)6(7,8)9/h1-3H3,(H,10,11). The molecule has 0 rings (SSSR count). The number of carbonyl (C=O) groups is 1. The Labute approximate surface area is 79.5 Å². The Morgan fingerprint density at radius 1 is 1.14 bits per heavy atom. The van der Waals surface area contributed by atoms with Gasteiger partial charge in [0.25, 0.3) is 0 Å². The van der Waals surface area contributed by atoms with Crippen LogP contribution in [0.1, 0.15) is 20.8 Å². The average Bonchev–Trinajstić information content (AvgIpc) is 1.80. The summed E-state index contributed by atoms with van der Waals surface area (Å²) in [6, 6.07) is 0. The fraction of sp³-hybridized carbons (Fsp3) is 0.833. The van der Waals surface area contributed by atoms with Gasteiger partial charge in [-0.1, -0.05) is 0 Å². The van der Waals surface area contributed by atoms with Crippen molar-refractivity contribution < 1.29 is 26.4 Å². The van der Waals surface area contributed by atoms with Crippen LogP contribution >= 0.6 is 0 Å². The molecule has 0 atom stereocenters. The van der Waals surface area contributed by atoms with Crippen molar-refractivity contribution in [3.8, 4) is 0 Å². The molecular formula is C6H10F3NO3S. The summed E-state index contributed by atoms with van der Waals surface area (Å²) in [5.41, 5.74) is 0. The second-order valence-corrected chi connectivity index (χ2v) is 5.98. The first-order valence-corrected chi connectivity index (χ1v) is 5.00. The van der Waals surface area contributed by atoms with Gasteiger partial charge in [0.2, 0.25) is 10.0 Å². The summed E-state index contributed by atoms with van der Waals surface area (Å²) in [6.45, 7) is 3.54. The smallest absolute Gasteiger partial charge is 0.263 e. The molecule has 0 aromatic heterocycles. The van der Waals surface area contributed by atoms with Crippen molar-refractivity contribution >= 4 is 15.9 Å². The summed E-state index contributed by atoms with van der Waals surface area (Å²) < 4.78 is 56.7. The lowest BCUT2D eigenvalue weighted by Gasteiger charge is -2.19. The summed E-state index contributed by atoms with van der Waals surface area (Å²) in [5.74, 6) is -2.48. The van der Waals surface area contributed by atoms with E-state index < -0.39 is 26.9 Å². The highest BCUT2D eigenvalue weighted by Gasteiger charge is 2.43. The van der Waals surface area contributed by atoms with Crippen molar-refractivity contribution in [1.82, 2.24) is 4.72 Å². The molecule has 0 fully saturated rings. The average molecular weight is 233 g/mol. The second-order valence-electron chi connectivity index (χ2n) is 3.54. The van der Waals surface area contributed by atoms with Crippen LogP contribution in [-0.4, -0.2) is 25.2 Å². The van der Waals surface area contributed by atoms with E-state index in [-0.39, 0.29) is 0 Å². The van der Waals surface area contributed by atoms with E-state index in [1.807, 2.05) is 0 Å². The van der Waals surface area contributed by atoms with Crippen LogP contribution in [0.3, 0.4) is 0 Å². The van der Waals surface area contributed by atoms with Gasteiger partial charge < -0.3 is 0 Å². The van der Waals surface area contributed by atoms with Crippen molar-refractivity contribution in [2.45, 2.75) is 31.7 Å². The number of amides is 1. The van der Waals surface area contributed by atoms with Gasteiger partial charge in [-0.15, -0.1) is 0 Å². The number of sulfonamides is 1. The molecule has 0 saturated heterocycles. The molecule has 14 heavy (non-hydrogen) atoms. The van der Waals surface area contributed by atoms with E-state index in [1.165, 1.54) is 20.8 Å².